The lowest BCUT2D eigenvalue weighted by Crippen LogP contribution is -2.39. The van der Waals surface area contributed by atoms with Crippen LogP contribution >= 0.6 is 11.3 Å². The molecule has 0 radical (unpaired) electrons. The van der Waals surface area contributed by atoms with Crippen LogP contribution in [0, 0.1) is 0 Å². The first-order chi connectivity index (χ1) is 14.1. The van der Waals surface area contributed by atoms with Crippen molar-refractivity contribution in [2.24, 2.45) is 0 Å². The Morgan fingerprint density at radius 1 is 1.10 bits per heavy atom. The van der Waals surface area contributed by atoms with Crippen molar-refractivity contribution >= 4 is 32.6 Å². The van der Waals surface area contributed by atoms with Gasteiger partial charge in [-0.05, 0) is 26.2 Å². The molecular formula is C21H23N3O4S. The normalized spacial score (nSPS) is 12.9. The molecule has 1 aromatic heterocycles. The molecule has 0 spiro atoms. The quantitative estimate of drug-likeness (QED) is 0.593. The summed E-state index contributed by atoms with van der Waals surface area (Å²) in [5.41, 5.74) is 0.792. The second kappa shape index (κ2) is 8.67. The van der Waals surface area contributed by atoms with Crippen LogP contribution in [0.3, 0.4) is 0 Å². The van der Waals surface area contributed by atoms with Gasteiger partial charge in [0.15, 0.2) is 23.2 Å². The van der Waals surface area contributed by atoms with Gasteiger partial charge in [-0.15, -0.1) is 0 Å². The van der Waals surface area contributed by atoms with Gasteiger partial charge in [0.05, 0.1) is 10.2 Å². The van der Waals surface area contributed by atoms with Crippen LogP contribution in [0.15, 0.2) is 42.5 Å². The summed E-state index contributed by atoms with van der Waals surface area (Å²) in [5, 5.41) is 0.644. The zero-order chi connectivity index (χ0) is 20.2. The molecule has 0 atom stereocenters. The third-order valence-electron chi connectivity index (χ3n) is 4.45. The highest BCUT2D eigenvalue weighted by molar-refractivity contribution is 7.22. The smallest absolute Gasteiger partial charge is 0.266 e. The molecule has 4 rings (SSSR count). The molecule has 2 aromatic carbocycles. The molecule has 0 saturated carbocycles. The minimum absolute atomic E-state index is 0.0455. The monoisotopic (exact) mass is 413 g/mol. The van der Waals surface area contributed by atoms with Gasteiger partial charge in [0, 0.05) is 25.2 Å². The Balaban J connectivity index is 1.57. The highest BCUT2D eigenvalue weighted by atomic mass is 32.1. The van der Waals surface area contributed by atoms with Crippen LogP contribution in [0.25, 0.3) is 10.2 Å². The fourth-order valence-electron chi connectivity index (χ4n) is 2.93. The summed E-state index contributed by atoms with van der Waals surface area (Å²) < 4.78 is 17.9. The van der Waals surface area contributed by atoms with Crippen molar-refractivity contribution in [1.82, 2.24) is 9.88 Å². The molecule has 1 amide bonds. The number of rotatable bonds is 7. The van der Waals surface area contributed by atoms with Gasteiger partial charge in [-0.2, -0.15) is 0 Å². The van der Waals surface area contributed by atoms with Gasteiger partial charge in [-0.25, -0.2) is 4.98 Å². The lowest BCUT2D eigenvalue weighted by atomic mass is 10.3. The van der Waals surface area contributed by atoms with E-state index in [2.05, 4.69) is 4.98 Å². The highest BCUT2D eigenvalue weighted by Gasteiger charge is 2.22. The Hall–Kier alpha value is -2.84. The zero-order valence-electron chi connectivity index (χ0n) is 16.5. The SMILES string of the molecule is CN(C)CCN(C(=O)COc1ccccc1)c1nc2cc3c(cc2s1)OCCO3. The number of hydrogen-bond acceptors (Lipinski definition) is 7. The number of nitrogens with zero attached hydrogens (tertiary/aromatic N) is 3. The molecule has 0 fully saturated rings. The molecule has 0 bridgehead atoms. The average molecular weight is 413 g/mol. The summed E-state index contributed by atoms with van der Waals surface area (Å²) in [6.45, 7) is 2.26. The molecule has 1 aliphatic rings. The van der Waals surface area contributed by atoms with Crippen LogP contribution in [-0.2, 0) is 4.79 Å². The van der Waals surface area contributed by atoms with E-state index in [4.69, 9.17) is 14.2 Å². The molecule has 0 unspecified atom stereocenters. The average Bonchev–Trinajstić information content (AvgIpc) is 3.13. The molecule has 7 nitrogen and oxygen atoms in total. The molecule has 8 heteroatoms. The lowest BCUT2D eigenvalue weighted by Gasteiger charge is -2.22. The van der Waals surface area contributed by atoms with Gasteiger partial charge in [0.1, 0.15) is 19.0 Å². The summed E-state index contributed by atoms with van der Waals surface area (Å²) in [4.78, 5) is 21.4. The van der Waals surface area contributed by atoms with Gasteiger partial charge in [-0.3, -0.25) is 9.69 Å². The van der Waals surface area contributed by atoms with E-state index < -0.39 is 0 Å². The number of amides is 1. The molecule has 2 heterocycles. The van der Waals surface area contributed by atoms with Crippen LogP contribution in [0.5, 0.6) is 17.2 Å². The van der Waals surface area contributed by atoms with Crippen molar-refractivity contribution in [3.05, 3.63) is 42.5 Å². The van der Waals surface area contributed by atoms with E-state index in [1.165, 1.54) is 11.3 Å². The molecule has 1 aliphatic heterocycles. The standard InChI is InChI=1S/C21H23N3O4S/c1-23(2)8-9-24(20(25)14-28-15-6-4-3-5-7-15)21-22-16-12-17-18(13-19(16)29-21)27-11-10-26-17/h3-7,12-13H,8-11,14H2,1-2H3. The van der Waals surface area contributed by atoms with E-state index >= 15 is 0 Å². The second-order valence-electron chi connectivity index (χ2n) is 6.91. The van der Waals surface area contributed by atoms with Gasteiger partial charge in [0.25, 0.3) is 5.91 Å². The Morgan fingerprint density at radius 2 is 1.83 bits per heavy atom. The number of carbonyl (C=O) groups is 1. The molecule has 152 valence electrons. The number of aromatic nitrogens is 1. The minimum Gasteiger partial charge on any atom is -0.486 e. The molecular weight excluding hydrogens is 390 g/mol. The Morgan fingerprint density at radius 3 is 2.55 bits per heavy atom. The molecule has 0 aliphatic carbocycles. The van der Waals surface area contributed by atoms with Crippen LogP contribution in [0.2, 0.25) is 0 Å². The van der Waals surface area contributed by atoms with Crippen molar-refractivity contribution in [3.63, 3.8) is 0 Å². The molecule has 29 heavy (non-hydrogen) atoms. The van der Waals surface area contributed by atoms with Gasteiger partial charge >= 0.3 is 0 Å². The van der Waals surface area contributed by atoms with Gasteiger partial charge in [-0.1, -0.05) is 29.5 Å². The maximum Gasteiger partial charge on any atom is 0.266 e. The number of hydrogen-bond donors (Lipinski definition) is 0. The van der Waals surface area contributed by atoms with E-state index in [0.29, 0.717) is 36.4 Å². The number of benzene rings is 2. The van der Waals surface area contributed by atoms with Gasteiger partial charge in [0.2, 0.25) is 0 Å². The number of para-hydroxylation sites is 1. The minimum atomic E-state index is -0.132. The molecule has 0 N–H and O–H groups in total. The molecule has 3 aromatic rings. The first-order valence-electron chi connectivity index (χ1n) is 9.43. The molecule has 0 saturated heterocycles. The summed E-state index contributed by atoms with van der Waals surface area (Å²) >= 11 is 1.46. The number of ether oxygens (including phenoxy) is 3. The van der Waals surface area contributed by atoms with E-state index in [0.717, 1.165) is 22.5 Å². The third-order valence-corrected chi connectivity index (χ3v) is 5.49. The maximum absolute atomic E-state index is 13.0. The maximum atomic E-state index is 13.0. The summed E-state index contributed by atoms with van der Waals surface area (Å²) in [7, 11) is 3.95. The van der Waals surface area contributed by atoms with Crippen molar-refractivity contribution in [2.45, 2.75) is 0 Å². The number of carbonyl (C=O) groups excluding carboxylic acids is 1. The van der Waals surface area contributed by atoms with Crippen LogP contribution in [0.1, 0.15) is 0 Å². The summed E-state index contributed by atoms with van der Waals surface area (Å²) in [6, 6.07) is 13.1. The topological polar surface area (TPSA) is 64.1 Å². The van der Waals surface area contributed by atoms with E-state index in [1.54, 1.807) is 4.90 Å². The Kier molecular flexibility index (Phi) is 5.82. The third kappa shape index (κ3) is 4.60. The van der Waals surface area contributed by atoms with E-state index in [1.807, 2.05) is 61.5 Å². The number of thiazole rings is 1. The van der Waals surface area contributed by atoms with E-state index in [9.17, 15) is 4.79 Å². The van der Waals surface area contributed by atoms with Crippen molar-refractivity contribution in [3.8, 4) is 17.2 Å². The number of fused-ring (bicyclic) bond motifs is 2. The van der Waals surface area contributed by atoms with Gasteiger partial charge < -0.3 is 19.1 Å². The summed E-state index contributed by atoms with van der Waals surface area (Å²) in [6.07, 6.45) is 0. The van der Waals surface area contributed by atoms with Crippen molar-refractivity contribution in [1.29, 1.82) is 0 Å². The predicted molar refractivity (Wildman–Crippen MR) is 113 cm³/mol. The Bertz CT molecular complexity index is 947. The van der Waals surface area contributed by atoms with Crippen LogP contribution < -0.4 is 19.1 Å². The Labute approximate surface area is 173 Å². The fourth-order valence-corrected chi connectivity index (χ4v) is 3.95. The first kappa shape index (κ1) is 19.5. The second-order valence-corrected chi connectivity index (χ2v) is 7.92. The number of anilines is 1. The van der Waals surface area contributed by atoms with Crippen molar-refractivity contribution < 1.29 is 19.0 Å². The van der Waals surface area contributed by atoms with Crippen LogP contribution in [-0.4, -0.2) is 62.8 Å². The van der Waals surface area contributed by atoms with Crippen molar-refractivity contribution in [2.75, 3.05) is 51.9 Å². The summed E-state index contributed by atoms with van der Waals surface area (Å²) in [5.74, 6) is 1.95. The van der Waals surface area contributed by atoms with Crippen LogP contribution in [0.4, 0.5) is 5.13 Å². The van der Waals surface area contributed by atoms with E-state index in [-0.39, 0.29) is 12.5 Å². The predicted octanol–water partition coefficient (Wildman–Crippen LogP) is 3.04. The highest BCUT2D eigenvalue weighted by Crippen LogP contribution is 2.38. The zero-order valence-corrected chi connectivity index (χ0v) is 17.3. The number of likely N-dealkylation sites (N-methyl/N-ethyl adjacent to an activating group) is 1. The fraction of sp³-hybridized carbons (Fsp3) is 0.333. The first-order valence-corrected chi connectivity index (χ1v) is 10.2. The largest absolute Gasteiger partial charge is 0.486 e. The lowest BCUT2D eigenvalue weighted by molar-refractivity contribution is -0.120.